The van der Waals surface area contributed by atoms with Crippen LogP contribution in [0.1, 0.15) is 102 Å². The van der Waals surface area contributed by atoms with Gasteiger partial charge in [-0.2, -0.15) is 9.97 Å². The monoisotopic (exact) mass is 1190 g/mol. The van der Waals surface area contributed by atoms with Gasteiger partial charge >= 0.3 is 12.1 Å². The molecule has 19 nitrogen and oxygen atoms in total. The topological polar surface area (TPSA) is 216 Å². The third kappa shape index (κ3) is 11.4. The van der Waals surface area contributed by atoms with Gasteiger partial charge in [-0.3, -0.25) is 24.4 Å². The summed E-state index contributed by atoms with van der Waals surface area (Å²) in [5.41, 5.74) is 3.78. The number of likely N-dealkylation sites (tertiary alicyclic amines) is 2. The number of aliphatic hydroxyl groups is 1. The number of anilines is 2. The second-order valence-electron chi connectivity index (χ2n) is 25.0. The molecule has 3 aromatic carbocycles. The number of aryl methyl sites for hydroxylation is 1. The zero-order valence-electron chi connectivity index (χ0n) is 49.3. The summed E-state index contributed by atoms with van der Waals surface area (Å²) in [5, 5.41) is 30.2. The van der Waals surface area contributed by atoms with E-state index in [1.165, 1.54) is 35.4 Å². The first-order valence-electron chi connectivity index (χ1n) is 29.6. The van der Waals surface area contributed by atoms with E-state index in [-0.39, 0.29) is 107 Å². The van der Waals surface area contributed by atoms with E-state index < -0.39 is 35.3 Å². The number of carbonyl (C=O) groups excluding carboxylic acids is 3. The number of fused-ring (bicyclic) bond motifs is 5. The summed E-state index contributed by atoms with van der Waals surface area (Å²) >= 11 is 1.58. The lowest BCUT2D eigenvalue weighted by Gasteiger charge is -2.42. The summed E-state index contributed by atoms with van der Waals surface area (Å²) < 4.78 is 50.8. The number of nitrogens with one attached hydrogen (secondary N) is 1. The smallest absolute Gasteiger partial charge is 0.410 e. The molecule has 450 valence electrons. The van der Waals surface area contributed by atoms with Gasteiger partial charge in [-0.25, -0.2) is 18.6 Å². The van der Waals surface area contributed by atoms with Gasteiger partial charge in [0.05, 0.1) is 51.3 Å². The Bertz CT molecular complexity index is 3780. The van der Waals surface area contributed by atoms with Crippen LogP contribution in [-0.2, 0) is 14.3 Å². The molecule has 3 amide bonds. The second kappa shape index (κ2) is 23.4. The first kappa shape index (κ1) is 58.4. The summed E-state index contributed by atoms with van der Waals surface area (Å²) in [5.74, 6) is 1.20. The highest BCUT2D eigenvalue weighted by atomic mass is 32.1. The fraction of sp³-hybridized carbons (Fsp3) is 0.469. The fourth-order valence-corrected chi connectivity index (χ4v) is 14.4. The molecular formula is C64H71F2N11O8S. The molecule has 0 saturated carbocycles. The molecule has 22 heteroatoms. The Hall–Kier alpha value is -8.00. The molecule has 12 rings (SSSR count). The molecule has 2 bridgehead atoms. The molecule has 8 atom stereocenters. The number of terminal acetylenes is 1. The van der Waals surface area contributed by atoms with E-state index in [0.717, 1.165) is 60.6 Å². The van der Waals surface area contributed by atoms with Crippen molar-refractivity contribution in [3.05, 3.63) is 101 Å². The quantitative estimate of drug-likeness (QED) is 0.0865. The molecule has 0 aliphatic carbocycles. The predicted octanol–water partition coefficient (Wildman–Crippen LogP) is 9.23. The highest BCUT2D eigenvalue weighted by Crippen LogP contribution is 2.42. The minimum Gasteiger partial charge on any atom is -0.508 e. The minimum absolute atomic E-state index is 0.0260. The number of phenolic OH excluding ortho intramolecular Hbond substituents is 1. The van der Waals surface area contributed by atoms with Crippen molar-refractivity contribution in [2.45, 2.75) is 116 Å². The normalized spacial score (nSPS) is 22.2. The Morgan fingerprint density at radius 3 is 2.40 bits per heavy atom. The summed E-state index contributed by atoms with van der Waals surface area (Å²) in [6.45, 7) is 17.8. The van der Waals surface area contributed by atoms with Gasteiger partial charge in [0.25, 0.3) is 0 Å². The van der Waals surface area contributed by atoms with Crippen molar-refractivity contribution in [2.75, 3.05) is 68.8 Å². The van der Waals surface area contributed by atoms with Gasteiger partial charge in [0, 0.05) is 75.4 Å². The number of ether oxygens (including phenoxy) is 2. The number of piperidine rings is 1. The Labute approximate surface area is 501 Å². The van der Waals surface area contributed by atoms with Crippen molar-refractivity contribution >= 4 is 62.6 Å². The number of thiazole rings is 1. The number of pyridine rings is 1. The van der Waals surface area contributed by atoms with Crippen LogP contribution in [-0.4, -0.2) is 157 Å². The van der Waals surface area contributed by atoms with E-state index in [2.05, 4.69) is 41.1 Å². The molecule has 4 aromatic heterocycles. The summed E-state index contributed by atoms with van der Waals surface area (Å²) in [4.78, 5) is 71.5. The largest absolute Gasteiger partial charge is 0.508 e. The number of hydrogen-bond acceptors (Lipinski definition) is 17. The first-order valence-corrected chi connectivity index (χ1v) is 30.5. The SMILES string of the molecule is C#Cc1c(F)ccc2cc(O)cc(-c3ncc4c(N5CC6CCC(C5)N6C(=O)OC(C)(C)C)nc(OCCN5CC[C@H]6CN(c7cc([C@H](C(=O)N8C[C@H](O)C[C@H]8C(=O)N[C@@H](C)c8ccc(-c9scnc9C)cc8)C(C)C)on7)C[C@H]6C5)nc4c3F)c12. The van der Waals surface area contributed by atoms with E-state index in [1.807, 2.05) is 94.1 Å². The standard InChI is InChI=1S/C64H71F2N11O8S/c1-9-46-49(65)17-14-39-22-44(78)23-47(54(39)46)56-55(66)57-48(26-67-56)59(75-30-42-15-16-43(31-75)77(42)63(82)84-64(6,7)8)71-62(70-57)83-21-20-73-19-18-40-28-74(29-41(40)27-73)52-25-51(85-72-52)53(34(2)3)61(81)76-32-45(79)24-50(76)60(80)69-35(4)37-10-12-38(13-11-37)58-36(5)68-33-86-58/h1,10-14,17,22-23,25-26,33-35,40-43,45,50,53,78-79H,15-16,18-21,24,27-32H2,2-8H3,(H,69,80)/t35-,40-,41+,42?,43?,45+,50-,53+/m0/s1. The molecule has 7 aromatic rings. The van der Waals surface area contributed by atoms with E-state index in [9.17, 15) is 24.6 Å². The third-order valence-electron chi connectivity index (χ3n) is 17.7. The number of aliphatic hydroxyl groups excluding tert-OH is 1. The van der Waals surface area contributed by atoms with E-state index in [1.54, 1.807) is 11.3 Å². The van der Waals surface area contributed by atoms with Crippen LogP contribution in [0.25, 0.3) is 43.4 Å². The van der Waals surface area contributed by atoms with Crippen LogP contribution in [0.3, 0.4) is 0 Å². The molecule has 5 saturated heterocycles. The number of β-amino-alcohol motifs (C(OH)–C–C–N with tert-alkyl or cyclic N) is 1. The average Bonchev–Trinajstić information content (AvgIpc) is 1.05. The van der Waals surface area contributed by atoms with Crippen molar-refractivity contribution < 1.29 is 47.4 Å². The lowest BCUT2D eigenvalue weighted by molar-refractivity contribution is -0.141. The minimum atomic E-state index is -0.865. The number of aromatic hydroxyl groups is 1. The highest BCUT2D eigenvalue weighted by molar-refractivity contribution is 7.13. The lowest BCUT2D eigenvalue weighted by atomic mass is 9.89. The first-order chi connectivity index (χ1) is 41.2. The van der Waals surface area contributed by atoms with Crippen molar-refractivity contribution in [3.63, 3.8) is 0 Å². The van der Waals surface area contributed by atoms with Crippen LogP contribution >= 0.6 is 11.3 Å². The zero-order chi connectivity index (χ0) is 60.5. The Morgan fingerprint density at radius 2 is 1.69 bits per heavy atom. The van der Waals surface area contributed by atoms with Gasteiger partial charge in [0.15, 0.2) is 17.4 Å². The summed E-state index contributed by atoms with van der Waals surface area (Å²) in [7, 11) is 0. The second-order valence-corrected chi connectivity index (χ2v) is 25.9. The Kier molecular flexibility index (Phi) is 15.9. The molecule has 5 aliphatic heterocycles. The number of phenols is 1. The number of rotatable bonds is 14. The number of amides is 3. The number of aromatic nitrogens is 5. The van der Waals surface area contributed by atoms with Gasteiger partial charge in [0.1, 0.15) is 52.8 Å². The van der Waals surface area contributed by atoms with Crippen LogP contribution in [0.15, 0.2) is 70.8 Å². The maximum atomic E-state index is 17.4. The number of hydrogen-bond donors (Lipinski definition) is 3. The highest BCUT2D eigenvalue weighted by Gasteiger charge is 2.47. The van der Waals surface area contributed by atoms with Crippen LogP contribution in [0.4, 0.5) is 25.2 Å². The molecule has 5 aliphatic rings. The van der Waals surface area contributed by atoms with Gasteiger partial charge in [0.2, 0.25) is 11.8 Å². The van der Waals surface area contributed by atoms with Crippen LogP contribution < -0.4 is 19.9 Å². The molecular weight excluding hydrogens is 1120 g/mol. The van der Waals surface area contributed by atoms with E-state index in [0.29, 0.717) is 60.3 Å². The molecule has 5 fully saturated rings. The number of carbonyl (C=O) groups is 3. The summed E-state index contributed by atoms with van der Waals surface area (Å²) in [6.07, 6.45) is 8.57. The van der Waals surface area contributed by atoms with Crippen LogP contribution in [0, 0.1) is 48.7 Å². The molecule has 2 unspecified atom stereocenters. The Morgan fingerprint density at radius 1 is 0.930 bits per heavy atom. The van der Waals surface area contributed by atoms with Gasteiger partial charge in [-0.1, -0.05) is 55.3 Å². The van der Waals surface area contributed by atoms with Crippen molar-refractivity contribution in [2.24, 2.45) is 17.8 Å². The van der Waals surface area contributed by atoms with Crippen LogP contribution in [0.2, 0.25) is 0 Å². The number of halogens is 2. The van der Waals surface area contributed by atoms with Crippen molar-refractivity contribution in [1.82, 2.24) is 45.1 Å². The zero-order valence-corrected chi connectivity index (χ0v) is 50.1. The van der Waals surface area contributed by atoms with E-state index >= 15 is 8.78 Å². The van der Waals surface area contributed by atoms with Gasteiger partial charge < -0.3 is 44.2 Å². The molecule has 86 heavy (non-hydrogen) atoms. The Balaban J connectivity index is 0.722. The predicted molar refractivity (Wildman–Crippen MR) is 322 cm³/mol. The number of nitrogens with zero attached hydrogens (tertiary/aromatic N) is 10. The van der Waals surface area contributed by atoms with E-state index in [4.69, 9.17) is 25.4 Å². The van der Waals surface area contributed by atoms with Crippen molar-refractivity contribution in [1.29, 1.82) is 0 Å². The number of piperazine rings is 1. The van der Waals surface area contributed by atoms with Gasteiger partial charge in [-0.15, -0.1) is 17.8 Å². The van der Waals surface area contributed by atoms with Crippen LogP contribution in [0.5, 0.6) is 11.8 Å². The molecule has 9 heterocycles. The van der Waals surface area contributed by atoms with Crippen molar-refractivity contribution in [3.8, 4) is 45.8 Å². The average molecular weight is 1190 g/mol. The maximum Gasteiger partial charge on any atom is 0.410 e. The molecule has 3 N–H and O–H groups in total. The van der Waals surface area contributed by atoms with Gasteiger partial charge in [-0.05, 0) is 113 Å². The maximum absolute atomic E-state index is 17.4. The third-order valence-corrected chi connectivity index (χ3v) is 18.7. The fourth-order valence-electron chi connectivity index (χ4n) is 13.5. The summed E-state index contributed by atoms with van der Waals surface area (Å²) in [6, 6.07) is 13.6. The molecule has 0 spiro atoms. The number of benzene rings is 3. The lowest BCUT2D eigenvalue weighted by Crippen LogP contribution is -2.57. The molecule has 0 radical (unpaired) electrons.